The summed E-state index contributed by atoms with van der Waals surface area (Å²) in [7, 11) is 1.44. The predicted molar refractivity (Wildman–Crippen MR) is 63.4 cm³/mol. The Bertz CT molecular complexity index is 463. The van der Waals surface area contributed by atoms with Crippen LogP contribution in [-0.4, -0.2) is 36.0 Å². The number of nitrogens with two attached hydrogens (primary N) is 1. The highest BCUT2D eigenvalue weighted by molar-refractivity contribution is 5.80. The SMILES string of the molecule is CCN(CC(=O)NC)c1cc(N)nc(C(F)(F)F)n1. The van der Waals surface area contributed by atoms with E-state index in [1.165, 1.54) is 18.0 Å². The van der Waals surface area contributed by atoms with Crippen LogP contribution in [0.2, 0.25) is 0 Å². The number of halogens is 3. The second-order valence-corrected chi connectivity index (χ2v) is 3.66. The van der Waals surface area contributed by atoms with Gasteiger partial charge >= 0.3 is 6.18 Å². The lowest BCUT2D eigenvalue weighted by molar-refractivity contribution is -0.144. The molecular formula is C10H14F3N5O. The van der Waals surface area contributed by atoms with Crippen molar-refractivity contribution in [2.24, 2.45) is 0 Å². The zero-order valence-corrected chi connectivity index (χ0v) is 10.5. The number of carbonyl (C=O) groups excluding carboxylic acids is 1. The standard InChI is InChI=1S/C10H14F3N5O/c1-3-18(5-8(19)15-2)7-4-6(14)16-9(17-7)10(11,12)13/h4H,3,5H2,1-2H3,(H,15,19)(H2,14,16,17). The molecule has 0 saturated heterocycles. The van der Waals surface area contributed by atoms with Gasteiger partial charge in [-0.05, 0) is 6.92 Å². The summed E-state index contributed by atoms with van der Waals surface area (Å²) in [5, 5.41) is 2.38. The van der Waals surface area contributed by atoms with Gasteiger partial charge in [-0.3, -0.25) is 4.79 Å². The van der Waals surface area contributed by atoms with Crippen LogP contribution in [0.3, 0.4) is 0 Å². The van der Waals surface area contributed by atoms with Crippen molar-refractivity contribution in [1.29, 1.82) is 0 Å². The fourth-order valence-electron chi connectivity index (χ4n) is 1.35. The van der Waals surface area contributed by atoms with Crippen molar-refractivity contribution in [3.05, 3.63) is 11.9 Å². The number of nitrogen functional groups attached to an aromatic ring is 1. The highest BCUT2D eigenvalue weighted by Crippen LogP contribution is 2.28. The number of anilines is 2. The van der Waals surface area contributed by atoms with E-state index in [1.807, 2.05) is 0 Å². The Kier molecular flexibility index (Phi) is 4.52. The maximum Gasteiger partial charge on any atom is 0.451 e. The van der Waals surface area contributed by atoms with Gasteiger partial charge in [0.05, 0.1) is 6.54 Å². The molecule has 106 valence electrons. The Morgan fingerprint density at radius 3 is 2.58 bits per heavy atom. The highest BCUT2D eigenvalue weighted by atomic mass is 19.4. The predicted octanol–water partition coefficient (Wildman–Crippen LogP) is 0.650. The molecule has 0 unspecified atom stereocenters. The Balaban J connectivity index is 3.10. The number of hydrogen-bond acceptors (Lipinski definition) is 5. The molecule has 0 aliphatic heterocycles. The van der Waals surface area contributed by atoms with Crippen molar-refractivity contribution in [2.45, 2.75) is 13.1 Å². The number of carbonyl (C=O) groups is 1. The number of alkyl halides is 3. The lowest BCUT2D eigenvalue weighted by Crippen LogP contribution is -2.36. The van der Waals surface area contributed by atoms with Gasteiger partial charge < -0.3 is 16.0 Å². The first-order chi connectivity index (χ1) is 8.77. The first kappa shape index (κ1) is 15.0. The third kappa shape index (κ3) is 3.97. The number of likely N-dealkylation sites (N-methyl/N-ethyl adjacent to an activating group) is 2. The molecule has 0 atom stereocenters. The second-order valence-electron chi connectivity index (χ2n) is 3.66. The summed E-state index contributed by atoms with van der Waals surface area (Å²) in [6.45, 7) is 1.89. The summed E-state index contributed by atoms with van der Waals surface area (Å²) in [4.78, 5) is 19.2. The highest BCUT2D eigenvalue weighted by Gasteiger charge is 2.35. The van der Waals surface area contributed by atoms with Gasteiger partial charge in [-0.1, -0.05) is 0 Å². The molecule has 0 bridgehead atoms. The van der Waals surface area contributed by atoms with Gasteiger partial charge in [-0.2, -0.15) is 13.2 Å². The van der Waals surface area contributed by atoms with E-state index in [-0.39, 0.29) is 24.1 Å². The van der Waals surface area contributed by atoms with E-state index in [0.29, 0.717) is 6.54 Å². The smallest absolute Gasteiger partial charge is 0.384 e. The minimum absolute atomic E-state index is 0.0362. The average Bonchev–Trinajstić information content (AvgIpc) is 2.33. The molecule has 1 aromatic heterocycles. The van der Waals surface area contributed by atoms with Crippen LogP contribution in [0.5, 0.6) is 0 Å². The number of rotatable bonds is 4. The van der Waals surface area contributed by atoms with E-state index in [2.05, 4.69) is 15.3 Å². The van der Waals surface area contributed by atoms with E-state index in [1.54, 1.807) is 6.92 Å². The van der Waals surface area contributed by atoms with Crippen LogP contribution in [0.4, 0.5) is 24.8 Å². The molecule has 0 saturated carbocycles. The van der Waals surface area contributed by atoms with Gasteiger partial charge in [-0.15, -0.1) is 0 Å². The molecule has 0 spiro atoms. The van der Waals surface area contributed by atoms with Crippen molar-refractivity contribution >= 4 is 17.5 Å². The molecule has 0 aliphatic carbocycles. The number of nitrogens with one attached hydrogen (secondary N) is 1. The van der Waals surface area contributed by atoms with Gasteiger partial charge in [0, 0.05) is 19.7 Å². The van der Waals surface area contributed by atoms with Gasteiger partial charge in [0.2, 0.25) is 11.7 Å². The molecule has 1 aromatic rings. The topological polar surface area (TPSA) is 84.1 Å². The van der Waals surface area contributed by atoms with Crippen LogP contribution in [0.25, 0.3) is 0 Å². The second kappa shape index (κ2) is 5.72. The molecule has 19 heavy (non-hydrogen) atoms. The largest absolute Gasteiger partial charge is 0.451 e. The molecular weight excluding hydrogens is 263 g/mol. The summed E-state index contributed by atoms with van der Waals surface area (Å²) in [5.74, 6) is -2.00. The minimum atomic E-state index is -4.68. The van der Waals surface area contributed by atoms with Crippen LogP contribution >= 0.6 is 0 Å². The van der Waals surface area contributed by atoms with E-state index in [9.17, 15) is 18.0 Å². The van der Waals surface area contributed by atoms with Gasteiger partial charge in [-0.25, -0.2) is 9.97 Å². The van der Waals surface area contributed by atoms with Crippen molar-refractivity contribution in [2.75, 3.05) is 30.8 Å². The Hall–Kier alpha value is -2.06. The quantitative estimate of drug-likeness (QED) is 0.844. The lowest BCUT2D eigenvalue weighted by atomic mass is 10.4. The monoisotopic (exact) mass is 277 g/mol. The third-order valence-electron chi connectivity index (χ3n) is 2.31. The van der Waals surface area contributed by atoms with Crippen LogP contribution in [-0.2, 0) is 11.0 Å². The molecule has 3 N–H and O–H groups in total. The first-order valence-electron chi connectivity index (χ1n) is 5.45. The summed E-state index contributed by atoms with van der Waals surface area (Å²) < 4.78 is 37.7. The minimum Gasteiger partial charge on any atom is -0.384 e. The van der Waals surface area contributed by atoms with Crippen LogP contribution in [0.15, 0.2) is 6.07 Å². The van der Waals surface area contributed by atoms with E-state index in [0.717, 1.165) is 0 Å². The van der Waals surface area contributed by atoms with Crippen molar-refractivity contribution in [1.82, 2.24) is 15.3 Å². The molecule has 0 aromatic carbocycles. The van der Waals surface area contributed by atoms with Gasteiger partial charge in [0.15, 0.2) is 0 Å². The maximum atomic E-state index is 12.6. The first-order valence-corrected chi connectivity index (χ1v) is 5.45. The summed E-state index contributed by atoms with van der Waals surface area (Å²) in [6.07, 6.45) is -4.68. The molecule has 1 heterocycles. The Morgan fingerprint density at radius 1 is 1.47 bits per heavy atom. The van der Waals surface area contributed by atoms with Gasteiger partial charge in [0.25, 0.3) is 0 Å². The third-order valence-corrected chi connectivity index (χ3v) is 2.31. The fourth-order valence-corrected chi connectivity index (χ4v) is 1.35. The van der Waals surface area contributed by atoms with Crippen molar-refractivity contribution in [3.8, 4) is 0 Å². The molecule has 1 rings (SSSR count). The molecule has 0 radical (unpaired) electrons. The molecule has 6 nitrogen and oxygen atoms in total. The number of hydrogen-bond donors (Lipinski definition) is 2. The fraction of sp³-hybridized carbons (Fsp3) is 0.500. The normalized spacial score (nSPS) is 11.2. The zero-order valence-electron chi connectivity index (χ0n) is 10.5. The van der Waals surface area contributed by atoms with Crippen molar-refractivity contribution in [3.63, 3.8) is 0 Å². The number of nitrogens with zero attached hydrogens (tertiary/aromatic N) is 3. The lowest BCUT2D eigenvalue weighted by Gasteiger charge is -2.21. The average molecular weight is 277 g/mol. The Labute approximate surface area is 107 Å². The molecule has 9 heteroatoms. The van der Waals surface area contributed by atoms with Crippen LogP contribution in [0.1, 0.15) is 12.7 Å². The van der Waals surface area contributed by atoms with Crippen molar-refractivity contribution < 1.29 is 18.0 Å². The number of amides is 1. The molecule has 0 aliphatic rings. The van der Waals surface area contributed by atoms with E-state index < -0.39 is 12.0 Å². The molecule has 1 amide bonds. The van der Waals surface area contributed by atoms with Crippen LogP contribution < -0.4 is 16.0 Å². The zero-order chi connectivity index (χ0) is 14.6. The summed E-state index contributed by atoms with van der Waals surface area (Å²) >= 11 is 0. The van der Waals surface area contributed by atoms with Gasteiger partial charge in [0.1, 0.15) is 11.6 Å². The van der Waals surface area contributed by atoms with Crippen LogP contribution in [0, 0.1) is 0 Å². The maximum absolute atomic E-state index is 12.6. The summed E-state index contributed by atoms with van der Waals surface area (Å²) in [6, 6.07) is 1.20. The van der Waals surface area contributed by atoms with E-state index in [4.69, 9.17) is 5.73 Å². The van der Waals surface area contributed by atoms with E-state index >= 15 is 0 Å². The Morgan fingerprint density at radius 2 is 2.11 bits per heavy atom. The summed E-state index contributed by atoms with van der Waals surface area (Å²) in [5.41, 5.74) is 5.33. The molecule has 0 fully saturated rings. The number of aromatic nitrogens is 2.